The number of hydrogen-bond acceptors (Lipinski definition) is 2. The van der Waals surface area contributed by atoms with Crippen molar-refractivity contribution in [3.63, 3.8) is 0 Å². The molecule has 3 amide bonds. The normalized spacial score (nSPS) is 17.7. The van der Waals surface area contributed by atoms with Gasteiger partial charge in [0.25, 0.3) is 5.91 Å². The zero-order valence-corrected chi connectivity index (χ0v) is 13.0. The number of benzene rings is 1. The Labute approximate surface area is 129 Å². The van der Waals surface area contributed by atoms with Crippen LogP contribution in [0.15, 0.2) is 18.2 Å². The third-order valence-corrected chi connectivity index (χ3v) is 3.98. The van der Waals surface area contributed by atoms with Crippen molar-refractivity contribution >= 4 is 23.5 Å². The van der Waals surface area contributed by atoms with Crippen LogP contribution in [0.4, 0.5) is 4.79 Å². The van der Waals surface area contributed by atoms with E-state index in [4.69, 9.17) is 11.6 Å². The summed E-state index contributed by atoms with van der Waals surface area (Å²) < 4.78 is 0. The number of amides is 3. The number of nitrogens with one attached hydrogen (secondary N) is 2. The molecular formula is C15H20ClN3O2. The highest BCUT2D eigenvalue weighted by Gasteiger charge is 2.27. The largest absolute Gasteiger partial charge is 0.347 e. The van der Waals surface area contributed by atoms with Crippen molar-refractivity contribution in [1.82, 2.24) is 15.5 Å². The van der Waals surface area contributed by atoms with Gasteiger partial charge in [0, 0.05) is 36.3 Å². The number of carbonyl (C=O) groups excluding carboxylic acids is 2. The third kappa shape index (κ3) is 3.88. The lowest BCUT2D eigenvalue weighted by Gasteiger charge is -2.17. The first-order valence-corrected chi connectivity index (χ1v) is 7.49. The topological polar surface area (TPSA) is 61.4 Å². The smallest absolute Gasteiger partial charge is 0.317 e. The molecule has 5 nitrogen and oxygen atoms in total. The first kappa shape index (κ1) is 15.6. The van der Waals surface area contributed by atoms with Crippen molar-refractivity contribution in [2.24, 2.45) is 0 Å². The zero-order chi connectivity index (χ0) is 15.4. The van der Waals surface area contributed by atoms with Crippen LogP contribution in [0.25, 0.3) is 0 Å². The van der Waals surface area contributed by atoms with Crippen LogP contribution < -0.4 is 10.6 Å². The maximum atomic E-state index is 12.2. The summed E-state index contributed by atoms with van der Waals surface area (Å²) in [4.78, 5) is 25.6. The van der Waals surface area contributed by atoms with Gasteiger partial charge in [-0.1, -0.05) is 17.7 Å². The summed E-state index contributed by atoms with van der Waals surface area (Å²) in [5, 5.41) is 6.29. The molecule has 1 fully saturated rings. The molecule has 2 N–H and O–H groups in total. The summed E-state index contributed by atoms with van der Waals surface area (Å²) in [6.07, 6.45) is 0.766. The summed E-state index contributed by atoms with van der Waals surface area (Å²) in [7, 11) is 0. The molecular weight excluding hydrogens is 290 g/mol. The predicted octanol–water partition coefficient (Wildman–Crippen LogP) is 2.18. The number of rotatable bonds is 3. The Kier molecular flexibility index (Phi) is 5.07. The molecule has 0 spiro atoms. The van der Waals surface area contributed by atoms with E-state index in [1.807, 2.05) is 19.9 Å². The second-order valence-electron chi connectivity index (χ2n) is 5.20. The summed E-state index contributed by atoms with van der Waals surface area (Å²) in [6.45, 7) is 5.58. The Morgan fingerprint density at radius 2 is 2.19 bits per heavy atom. The molecule has 0 saturated carbocycles. The molecule has 114 valence electrons. The van der Waals surface area contributed by atoms with E-state index in [1.165, 1.54) is 0 Å². The molecule has 1 atom stereocenters. The lowest BCUT2D eigenvalue weighted by molar-refractivity contribution is 0.0938. The first-order chi connectivity index (χ1) is 10.0. The van der Waals surface area contributed by atoms with Gasteiger partial charge in [0.2, 0.25) is 0 Å². The van der Waals surface area contributed by atoms with E-state index in [9.17, 15) is 9.59 Å². The maximum Gasteiger partial charge on any atom is 0.317 e. The van der Waals surface area contributed by atoms with Crippen LogP contribution in [0.5, 0.6) is 0 Å². The van der Waals surface area contributed by atoms with E-state index in [-0.39, 0.29) is 18.0 Å². The molecule has 2 rings (SSSR count). The maximum absolute atomic E-state index is 12.2. The van der Waals surface area contributed by atoms with E-state index < -0.39 is 0 Å². The number of carbonyl (C=O) groups is 2. The number of likely N-dealkylation sites (tertiary alicyclic amines) is 1. The highest BCUT2D eigenvalue weighted by molar-refractivity contribution is 6.31. The molecule has 21 heavy (non-hydrogen) atoms. The minimum absolute atomic E-state index is 0.0137. The fourth-order valence-electron chi connectivity index (χ4n) is 2.33. The second-order valence-corrected chi connectivity index (χ2v) is 5.61. The number of hydrogen-bond donors (Lipinski definition) is 2. The standard InChI is InChI=1S/C15H20ClN3O2/c1-3-17-15(21)19-7-6-12(9-19)18-14(20)11-5-4-10(2)13(16)8-11/h4-5,8,12H,3,6-7,9H2,1-2H3,(H,17,21)(H,18,20). The lowest BCUT2D eigenvalue weighted by Crippen LogP contribution is -2.42. The fraction of sp³-hybridized carbons (Fsp3) is 0.467. The van der Waals surface area contributed by atoms with E-state index >= 15 is 0 Å². The van der Waals surface area contributed by atoms with Crippen LogP contribution in [0.1, 0.15) is 29.3 Å². The third-order valence-electron chi connectivity index (χ3n) is 3.57. The van der Waals surface area contributed by atoms with Crippen molar-refractivity contribution in [3.05, 3.63) is 34.3 Å². The molecule has 6 heteroatoms. The second kappa shape index (κ2) is 6.80. The average molecular weight is 310 g/mol. The lowest BCUT2D eigenvalue weighted by atomic mass is 10.1. The summed E-state index contributed by atoms with van der Waals surface area (Å²) in [5.74, 6) is -0.153. The highest BCUT2D eigenvalue weighted by atomic mass is 35.5. The summed E-state index contributed by atoms with van der Waals surface area (Å²) >= 11 is 6.03. The number of aryl methyl sites for hydroxylation is 1. The molecule has 1 aliphatic rings. The summed E-state index contributed by atoms with van der Waals surface area (Å²) in [6, 6.07) is 5.16. The van der Waals surface area contributed by atoms with Crippen molar-refractivity contribution < 1.29 is 9.59 Å². The molecule has 1 aliphatic heterocycles. The fourth-order valence-corrected chi connectivity index (χ4v) is 2.51. The van der Waals surface area contributed by atoms with Gasteiger partial charge in [-0.3, -0.25) is 4.79 Å². The van der Waals surface area contributed by atoms with Gasteiger partial charge >= 0.3 is 6.03 Å². The van der Waals surface area contributed by atoms with Crippen molar-refractivity contribution in [2.75, 3.05) is 19.6 Å². The molecule has 0 aromatic heterocycles. The van der Waals surface area contributed by atoms with Gasteiger partial charge in [0.15, 0.2) is 0 Å². The molecule has 1 aromatic rings. The van der Waals surface area contributed by atoms with Gasteiger partial charge in [0.1, 0.15) is 0 Å². The minimum atomic E-state index is -0.153. The number of urea groups is 1. The SMILES string of the molecule is CCNC(=O)N1CCC(NC(=O)c2ccc(C)c(Cl)c2)C1. The number of halogens is 1. The molecule has 1 aromatic carbocycles. The average Bonchev–Trinajstić information content (AvgIpc) is 2.90. The summed E-state index contributed by atoms with van der Waals surface area (Å²) in [5.41, 5.74) is 1.48. The van der Waals surface area contributed by atoms with E-state index in [0.717, 1.165) is 12.0 Å². The van der Waals surface area contributed by atoms with E-state index in [1.54, 1.807) is 17.0 Å². The van der Waals surface area contributed by atoms with Crippen molar-refractivity contribution in [3.8, 4) is 0 Å². The molecule has 1 unspecified atom stereocenters. The van der Waals surface area contributed by atoms with E-state index in [0.29, 0.717) is 30.2 Å². The van der Waals surface area contributed by atoms with Crippen LogP contribution in [0, 0.1) is 6.92 Å². The highest BCUT2D eigenvalue weighted by Crippen LogP contribution is 2.17. The molecule has 0 aliphatic carbocycles. The van der Waals surface area contributed by atoms with Gasteiger partial charge in [0.05, 0.1) is 0 Å². The first-order valence-electron chi connectivity index (χ1n) is 7.11. The predicted molar refractivity (Wildman–Crippen MR) is 82.7 cm³/mol. The minimum Gasteiger partial charge on any atom is -0.347 e. The van der Waals surface area contributed by atoms with Crippen LogP contribution in [-0.2, 0) is 0 Å². The quantitative estimate of drug-likeness (QED) is 0.899. The van der Waals surface area contributed by atoms with Gasteiger partial charge < -0.3 is 15.5 Å². The van der Waals surface area contributed by atoms with Crippen molar-refractivity contribution in [1.29, 1.82) is 0 Å². The van der Waals surface area contributed by atoms with E-state index in [2.05, 4.69) is 10.6 Å². The van der Waals surface area contributed by atoms with Crippen LogP contribution >= 0.6 is 11.6 Å². The van der Waals surface area contributed by atoms with Gasteiger partial charge in [-0.25, -0.2) is 4.79 Å². The molecule has 0 radical (unpaired) electrons. The van der Waals surface area contributed by atoms with Crippen LogP contribution in [-0.4, -0.2) is 42.5 Å². The van der Waals surface area contributed by atoms with Crippen LogP contribution in [0.2, 0.25) is 5.02 Å². The molecule has 1 saturated heterocycles. The zero-order valence-electron chi connectivity index (χ0n) is 12.3. The van der Waals surface area contributed by atoms with Gasteiger partial charge in [-0.05, 0) is 38.0 Å². The Morgan fingerprint density at radius 1 is 1.43 bits per heavy atom. The molecule has 1 heterocycles. The Bertz CT molecular complexity index is 548. The Morgan fingerprint density at radius 3 is 2.86 bits per heavy atom. The molecule has 0 bridgehead atoms. The number of nitrogens with zero attached hydrogens (tertiary/aromatic N) is 1. The Hall–Kier alpha value is -1.75. The van der Waals surface area contributed by atoms with Gasteiger partial charge in [-0.15, -0.1) is 0 Å². The van der Waals surface area contributed by atoms with Gasteiger partial charge in [-0.2, -0.15) is 0 Å². The Balaban J connectivity index is 1.92. The van der Waals surface area contributed by atoms with Crippen LogP contribution in [0.3, 0.4) is 0 Å². The monoisotopic (exact) mass is 309 g/mol. The van der Waals surface area contributed by atoms with Crippen molar-refractivity contribution in [2.45, 2.75) is 26.3 Å².